The number of amides is 1. The normalized spacial score (nSPS) is 19.7. The molecule has 0 spiro atoms. The van der Waals surface area contributed by atoms with Gasteiger partial charge in [0.25, 0.3) is 5.91 Å². The quantitative estimate of drug-likeness (QED) is 0.577. The monoisotopic (exact) mass is 415 g/mol. The van der Waals surface area contributed by atoms with Crippen LogP contribution in [0, 0.1) is 0 Å². The number of allylic oxidation sites excluding steroid dienone is 2. The number of carbonyl (C=O) groups excluding carboxylic acids is 1. The summed E-state index contributed by atoms with van der Waals surface area (Å²) in [7, 11) is 1.31. The van der Waals surface area contributed by atoms with Crippen molar-refractivity contribution in [3.05, 3.63) is 70.5 Å². The Bertz CT molecular complexity index is 950. The lowest BCUT2D eigenvalue weighted by Gasteiger charge is -2.32. The second-order valence-corrected chi connectivity index (χ2v) is 7.12. The van der Waals surface area contributed by atoms with Crippen molar-refractivity contribution in [2.24, 2.45) is 7.05 Å². The Hall–Kier alpha value is -2.25. The van der Waals surface area contributed by atoms with Crippen molar-refractivity contribution in [1.29, 1.82) is 0 Å². The van der Waals surface area contributed by atoms with Crippen LogP contribution in [-0.2, 0) is 13.2 Å². The molecule has 1 heterocycles. The molecular formula is C18H14Cl2F3N3O. The summed E-state index contributed by atoms with van der Waals surface area (Å²) in [5.41, 5.74) is -0.670. The Labute approximate surface area is 163 Å². The molecule has 142 valence electrons. The zero-order chi connectivity index (χ0) is 19.8. The molecule has 0 saturated heterocycles. The van der Waals surface area contributed by atoms with Gasteiger partial charge in [0.05, 0.1) is 5.56 Å². The lowest BCUT2D eigenvalue weighted by molar-refractivity contribution is -0.141. The summed E-state index contributed by atoms with van der Waals surface area (Å²) in [6.07, 6.45) is 1.62. The largest absolute Gasteiger partial charge is 0.435 e. The van der Waals surface area contributed by atoms with Crippen LogP contribution >= 0.6 is 23.2 Å². The van der Waals surface area contributed by atoms with E-state index in [0.717, 1.165) is 10.9 Å². The van der Waals surface area contributed by atoms with Gasteiger partial charge in [0, 0.05) is 30.3 Å². The van der Waals surface area contributed by atoms with Gasteiger partial charge in [0.2, 0.25) is 0 Å². The van der Waals surface area contributed by atoms with Gasteiger partial charge in [0.1, 0.15) is 5.00 Å². The first-order valence-corrected chi connectivity index (χ1v) is 8.61. The van der Waals surface area contributed by atoms with Crippen molar-refractivity contribution >= 4 is 34.7 Å². The van der Waals surface area contributed by atoms with Crippen molar-refractivity contribution in [2.45, 2.75) is 17.6 Å². The lowest BCUT2D eigenvalue weighted by atomic mass is 9.91. The van der Waals surface area contributed by atoms with Gasteiger partial charge in [-0.1, -0.05) is 53.6 Å². The second kappa shape index (κ2) is 7.05. The van der Waals surface area contributed by atoms with Gasteiger partial charge in [-0.15, -0.1) is 0 Å². The van der Waals surface area contributed by atoms with Crippen molar-refractivity contribution < 1.29 is 18.0 Å². The summed E-state index contributed by atoms with van der Waals surface area (Å²) in [6, 6.07) is 6.83. The third-order valence-electron chi connectivity index (χ3n) is 4.01. The van der Waals surface area contributed by atoms with Gasteiger partial charge in [-0.25, -0.2) is 0 Å². The van der Waals surface area contributed by atoms with Crippen LogP contribution in [-0.4, -0.2) is 20.7 Å². The topological polar surface area (TPSA) is 46.9 Å². The third kappa shape index (κ3) is 4.04. The number of aryl methyl sites for hydroxylation is 1. The molecule has 1 aromatic carbocycles. The maximum atomic E-state index is 13.2. The highest BCUT2D eigenvalue weighted by Crippen LogP contribution is 2.38. The van der Waals surface area contributed by atoms with Crippen LogP contribution in [0.1, 0.15) is 28.0 Å². The fourth-order valence-corrected chi connectivity index (χ4v) is 3.38. The first-order chi connectivity index (χ1) is 12.6. The molecule has 0 aliphatic heterocycles. The fraction of sp³-hybridized carbons (Fsp3) is 0.222. The Morgan fingerprint density at radius 1 is 1.37 bits per heavy atom. The molecule has 3 rings (SSSR count). The maximum absolute atomic E-state index is 13.2. The van der Waals surface area contributed by atoms with Crippen LogP contribution < -0.4 is 5.32 Å². The molecule has 1 atom stereocenters. The number of nitrogens with zero attached hydrogens (tertiary/aromatic N) is 2. The van der Waals surface area contributed by atoms with Gasteiger partial charge in [-0.3, -0.25) is 9.48 Å². The molecule has 1 N–H and O–H groups in total. The molecule has 0 saturated carbocycles. The smallest absolute Gasteiger partial charge is 0.329 e. The first-order valence-electron chi connectivity index (χ1n) is 7.86. The van der Waals surface area contributed by atoms with Crippen LogP contribution in [0.25, 0.3) is 5.57 Å². The van der Waals surface area contributed by atoms with E-state index < -0.39 is 28.3 Å². The molecule has 2 aromatic rings. The van der Waals surface area contributed by atoms with E-state index in [1.54, 1.807) is 42.5 Å². The Kier molecular flexibility index (Phi) is 5.10. The van der Waals surface area contributed by atoms with E-state index >= 15 is 0 Å². The highest BCUT2D eigenvalue weighted by atomic mass is 35.5. The van der Waals surface area contributed by atoms with E-state index in [9.17, 15) is 18.0 Å². The number of alkyl halides is 4. The summed E-state index contributed by atoms with van der Waals surface area (Å²) in [5, 5.41) is 6.34. The summed E-state index contributed by atoms with van der Waals surface area (Å²) >= 11 is 12.7. The number of hydrogen-bond acceptors (Lipinski definition) is 2. The lowest BCUT2D eigenvalue weighted by Crippen LogP contribution is -2.45. The van der Waals surface area contributed by atoms with E-state index in [1.807, 2.05) is 0 Å². The zero-order valence-corrected chi connectivity index (χ0v) is 15.5. The van der Waals surface area contributed by atoms with Crippen molar-refractivity contribution in [2.75, 3.05) is 0 Å². The number of carbonyl (C=O) groups is 1. The van der Waals surface area contributed by atoms with Crippen LogP contribution in [0.2, 0.25) is 5.02 Å². The minimum absolute atomic E-state index is 0.195. The standard InChI is InChI=1S/C18H14Cl2F3N3O/c1-26-10-13(15(25-26)18(21,22)23)16(27)24-17(20)8-3-2-7-14(17)11-5-4-6-12(19)9-11/h2-7,9-10H,8H2,1H3,(H,24,27). The highest BCUT2D eigenvalue weighted by Gasteiger charge is 2.41. The fourth-order valence-electron chi connectivity index (χ4n) is 2.85. The molecule has 0 radical (unpaired) electrons. The summed E-state index contributed by atoms with van der Waals surface area (Å²) < 4.78 is 40.4. The molecule has 1 unspecified atom stereocenters. The molecule has 27 heavy (non-hydrogen) atoms. The SMILES string of the molecule is Cn1cc(C(=O)NC2(Cl)CC=CC=C2c2cccc(Cl)c2)c(C(F)(F)F)n1. The molecule has 1 amide bonds. The molecule has 0 fully saturated rings. The van der Waals surface area contributed by atoms with Crippen LogP contribution in [0.4, 0.5) is 13.2 Å². The van der Waals surface area contributed by atoms with Gasteiger partial charge in [-0.2, -0.15) is 18.3 Å². The molecule has 9 heteroatoms. The number of halogens is 5. The number of rotatable bonds is 3. The van der Waals surface area contributed by atoms with Crippen LogP contribution in [0.5, 0.6) is 0 Å². The molecule has 1 aromatic heterocycles. The Morgan fingerprint density at radius 3 is 2.78 bits per heavy atom. The van der Waals surface area contributed by atoms with Crippen molar-refractivity contribution in [3.63, 3.8) is 0 Å². The number of benzene rings is 1. The minimum Gasteiger partial charge on any atom is -0.329 e. The summed E-state index contributed by atoms with van der Waals surface area (Å²) in [6.45, 7) is 0. The first kappa shape index (κ1) is 19.5. The minimum atomic E-state index is -4.76. The van der Waals surface area contributed by atoms with Gasteiger partial charge >= 0.3 is 6.18 Å². The molecule has 1 aliphatic rings. The van der Waals surface area contributed by atoms with Gasteiger partial charge in [0.15, 0.2) is 5.69 Å². The maximum Gasteiger partial charge on any atom is 0.435 e. The van der Waals surface area contributed by atoms with Gasteiger partial charge < -0.3 is 5.32 Å². The van der Waals surface area contributed by atoms with Crippen LogP contribution in [0.15, 0.2) is 48.7 Å². The molecule has 1 aliphatic carbocycles. The van der Waals surface area contributed by atoms with E-state index in [0.29, 0.717) is 16.2 Å². The van der Waals surface area contributed by atoms with Gasteiger partial charge in [-0.05, 0) is 17.7 Å². The average Bonchev–Trinajstić information content (AvgIpc) is 2.97. The number of hydrogen-bond donors (Lipinski definition) is 1. The van der Waals surface area contributed by atoms with Crippen LogP contribution in [0.3, 0.4) is 0 Å². The van der Waals surface area contributed by atoms with Crippen molar-refractivity contribution in [1.82, 2.24) is 15.1 Å². The predicted molar refractivity (Wildman–Crippen MR) is 97.4 cm³/mol. The zero-order valence-electron chi connectivity index (χ0n) is 14.0. The van der Waals surface area contributed by atoms with E-state index in [1.165, 1.54) is 7.05 Å². The second-order valence-electron chi connectivity index (χ2n) is 6.04. The van der Waals surface area contributed by atoms with E-state index in [2.05, 4.69) is 10.4 Å². The van der Waals surface area contributed by atoms with E-state index in [-0.39, 0.29) is 6.42 Å². The number of aromatic nitrogens is 2. The summed E-state index contributed by atoms with van der Waals surface area (Å²) in [4.78, 5) is 11.2. The third-order valence-corrected chi connectivity index (χ3v) is 4.70. The summed E-state index contributed by atoms with van der Waals surface area (Å²) in [5.74, 6) is -0.964. The van der Waals surface area contributed by atoms with Crippen molar-refractivity contribution in [3.8, 4) is 0 Å². The average molecular weight is 416 g/mol. The Morgan fingerprint density at radius 2 is 2.11 bits per heavy atom. The predicted octanol–water partition coefficient (Wildman–Crippen LogP) is 4.80. The Balaban J connectivity index is 1.95. The highest BCUT2D eigenvalue weighted by molar-refractivity contribution is 6.32. The molecular weight excluding hydrogens is 402 g/mol. The number of nitrogens with one attached hydrogen (secondary N) is 1. The molecule has 4 nitrogen and oxygen atoms in total. The molecule has 0 bridgehead atoms. The van der Waals surface area contributed by atoms with E-state index in [4.69, 9.17) is 23.2 Å².